The lowest BCUT2D eigenvalue weighted by Crippen LogP contribution is -2.39. The van der Waals surface area contributed by atoms with E-state index < -0.39 is 0 Å². The summed E-state index contributed by atoms with van der Waals surface area (Å²) in [5.74, 6) is 0.934. The normalized spacial score (nSPS) is 30.9. The third-order valence-corrected chi connectivity index (χ3v) is 5.31. The number of amides is 1. The predicted octanol–water partition coefficient (Wildman–Crippen LogP) is 3.37. The summed E-state index contributed by atoms with van der Waals surface area (Å²) in [7, 11) is 0. The van der Waals surface area contributed by atoms with Crippen molar-refractivity contribution in [3.8, 4) is 0 Å². The maximum Gasteiger partial charge on any atom is 0.220 e. The molecule has 2 aliphatic carbocycles. The minimum absolute atomic E-state index is 0.258. The minimum Gasteiger partial charge on any atom is -0.353 e. The lowest BCUT2D eigenvalue weighted by atomic mass is 9.75. The van der Waals surface area contributed by atoms with Gasteiger partial charge in [-0.1, -0.05) is 26.7 Å². The lowest BCUT2D eigenvalue weighted by Gasteiger charge is -2.34. The lowest BCUT2D eigenvalue weighted by molar-refractivity contribution is -0.122. The second-order valence-electron chi connectivity index (χ2n) is 7.84. The zero-order valence-electron chi connectivity index (χ0n) is 13.3. The van der Waals surface area contributed by atoms with Crippen LogP contribution in [0, 0.1) is 11.3 Å². The summed E-state index contributed by atoms with van der Waals surface area (Å²) in [5, 5.41) is 3.24. The van der Waals surface area contributed by atoms with Crippen molar-refractivity contribution in [1.82, 2.24) is 5.32 Å². The molecular weight excluding hydrogens is 248 g/mol. The van der Waals surface area contributed by atoms with Crippen LogP contribution in [0.2, 0.25) is 0 Å². The maximum absolute atomic E-state index is 12.1. The first-order valence-electron chi connectivity index (χ1n) is 8.49. The molecule has 2 saturated carbocycles. The molecule has 0 radical (unpaired) electrons. The molecule has 3 heteroatoms. The Morgan fingerprint density at radius 1 is 1.20 bits per heavy atom. The van der Waals surface area contributed by atoms with Crippen LogP contribution in [0.1, 0.15) is 78.1 Å². The van der Waals surface area contributed by atoms with Crippen LogP contribution >= 0.6 is 0 Å². The van der Waals surface area contributed by atoms with E-state index in [1.54, 1.807) is 0 Å². The monoisotopic (exact) mass is 280 g/mol. The highest BCUT2D eigenvalue weighted by molar-refractivity contribution is 5.76. The van der Waals surface area contributed by atoms with Crippen LogP contribution in [-0.2, 0) is 4.79 Å². The minimum atomic E-state index is 0.258. The fourth-order valence-electron chi connectivity index (χ4n) is 3.77. The second kappa shape index (κ2) is 6.93. The molecule has 116 valence electrons. The number of carbonyl (C=O) groups is 1. The van der Waals surface area contributed by atoms with Crippen LogP contribution < -0.4 is 11.1 Å². The molecule has 0 bridgehead atoms. The number of nitrogens with two attached hydrogens (primary N) is 1. The number of nitrogens with one attached hydrogen (secondary N) is 1. The molecule has 2 aliphatic rings. The number of carbonyl (C=O) groups excluding carboxylic acids is 1. The highest BCUT2D eigenvalue weighted by Crippen LogP contribution is 2.35. The fraction of sp³-hybridized carbons (Fsp3) is 0.941. The molecule has 0 spiro atoms. The summed E-state index contributed by atoms with van der Waals surface area (Å²) < 4.78 is 0. The van der Waals surface area contributed by atoms with E-state index in [-0.39, 0.29) is 5.91 Å². The molecule has 2 unspecified atom stereocenters. The summed E-state index contributed by atoms with van der Waals surface area (Å²) in [5.41, 5.74) is 6.48. The summed E-state index contributed by atoms with van der Waals surface area (Å²) in [6, 6.07) is 0.793. The average molecular weight is 280 g/mol. The fourth-order valence-corrected chi connectivity index (χ4v) is 3.77. The van der Waals surface area contributed by atoms with Crippen molar-refractivity contribution >= 4 is 5.91 Å². The molecule has 0 aromatic rings. The van der Waals surface area contributed by atoms with E-state index >= 15 is 0 Å². The summed E-state index contributed by atoms with van der Waals surface area (Å²) in [4.78, 5) is 12.1. The molecule has 0 saturated heterocycles. The SMILES string of the molecule is CC1(C)CCC(NC(=O)CCC2CCCC(N)C2)CC1. The van der Waals surface area contributed by atoms with Crippen molar-refractivity contribution in [1.29, 1.82) is 0 Å². The first kappa shape index (κ1) is 15.8. The zero-order valence-corrected chi connectivity index (χ0v) is 13.3. The second-order valence-corrected chi connectivity index (χ2v) is 7.84. The van der Waals surface area contributed by atoms with Gasteiger partial charge in [0.1, 0.15) is 0 Å². The highest BCUT2D eigenvalue weighted by atomic mass is 16.1. The molecular formula is C17H32N2O. The van der Waals surface area contributed by atoms with E-state index in [9.17, 15) is 4.79 Å². The largest absolute Gasteiger partial charge is 0.353 e. The van der Waals surface area contributed by atoms with E-state index in [0.717, 1.165) is 25.7 Å². The molecule has 20 heavy (non-hydrogen) atoms. The Morgan fingerprint density at radius 2 is 1.90 bits per heavy atom. The van der Waals surface area contributed by atoms with E-state index in [0.29, 0.717) is 29.8 Å². The van der Waals surface area contributed by atoms with Gasteiger partial charge < -0.3 is 11.1 Å². The third kappa shape index (κ3) is 5.08. The van der Waals surface area contributed by atoms with Gasteiger partial charge in [0.15, 0.2) is 0 Å². The van der Waals surface area contributed by atoms with Crippen LogP contribution in [-0.4, -0.2) is 18.0 Å². The van der Waals surface area contributed by atoms with Crippen molar-refractivity contribution in [3.05, 3.63) is 0 Å². The topological polar surface area (TPSA) is 55.1 Å². The third-order valence-electron chi connectivity index (χ3n) is 5.31. The van der Waals surface area contributed by atoms with Gasteiger partial charge in [0.25, 0.3) is 0 Å². The quantitative estimate of drug-likeness (QED) is 0.829. The molecule has 2 atom stereocenters. The Bertz CT molecular complexity index is 317. The van der Waals surface area contributed by atoms with Crippen LogP contribution in [0.4, 0.5) is 0 Å². The predicted molar refractivity (Wildman–Crippen MR) is 83.3 cm³/mol. The van der Waals surface area contributed by atoms with Gasteiger partial charge in [-0.15, -0.1) is 0 Å². The maximum atomic E-state index is 12.1. The summed E-state index contributed by atoms with van der Waals surface area (Å²) in [6.45, 7) is 4.66. The van der Waals surface area contributed by atoms with Crippen molar-refractivity contribution in [2.75, 3.05) is 0 Å². The molecule has 3 nitrogen and oxygen atoms in total. The van der Waals surface area contributed by atoms with Crippen molar-refractivity contribution in [3.63, 3.8) is 0 Å². The first-order valence-corrected chi connectivity index (χ1v) is 8.49. The van der Waals surface area contributed by atoms with Crippen molar-refractivity contribution in [2.24, 2.45) is 17.1 Å². The number of hydrogen-bond donors (Lipinski definition) is 2. The molecule has 0 aromatic heterocycles. The Balaban J connectivity index is 1.63. The van der Waals surface area contributed by atoms with Gasteiger partial charge in [-0.05, 0) is 56.3 Å². The van der Waals surface area contributed by atoms with Crippen LogP contribution in [0.3, 0.4) is 0 Å². The molecule has 0 aromatic carbocycles. The number of hydrogen-bond acceptors (Lipinski definition) is 2. The summed E-state index contributed by atoms with van der Waals surface area (Å²) in [6.07, 6.45) is 11.3. The first-order chi connectivity index (χ1) is 9.44. The van der Waals surface area contributed by atoms with Gasteiger partial charge in [0, 0.05) is 18.5 Å². The van der Waals surface area contributed by atoms with Gasteiger partial charge in [-0.25, -0.2) is 0 Å². The van der Waals surface area contributed by atoms with Gasteiger partial charge in [-0.2, -0.15) is 0 Å². The average Bonchev–Trinajstić information content (AvgIpc) is 2.39. The zero-order chi connectivity index (χ0) is 14.6. The highest BCUT2D eigenvalue weighted by Gasteiger charge is 2.27. The van der Waals surface area contributed by atoms with Gasteiger partial charge in [0.2, 0.25) is 5.91 Å². The molecule has 1 amide bonds. The van der Waals surface area contributed by atoms with Crippen molar-refractivity contribution in [2.45, 2.75) is 90.1 Å². The molecule has 2 fully saturated rings. The van der Waals surface area contributed by atoms with Crippen LogP contribution in [0.15, 0.2) is 0 Å². The van der Waals surface area contributed by atoms with Gasteiger partial charge >= 0.3 is 0 Å². The molecule has 0 heterocycles. The van der Waals surface area contributed by atoms with E-state index in [1.165, 1.54) is 32.1 Å². The van der Waals surface area contributed by atoms with Gasteiger partial charge in [0.05, 0.1) is 0 Å². The van der Waals surface area contributed by atoms with E-state index in [4.69, 9.17) is 5.73 Å². The van der Waals surface area contributed by atoms with Gasteiger partial charge in [-0.3, -0.25) is 4.79 Å². The van der Waals surface area contributed by atoms with Crippen LogP contribution in [0.5, 0.6) is 0 Å². The summed E-state index contributed by atoms with van der Waals surface area (Å²) >= 11 is 0. The standard InChI is InChI=1S/C17H32N2O/c1-17(2)10-8-15(9-11-17)19-16(20)7-6-13-4-3-5-14(18)12-13/h13-15H,3-12,18H2,1-2H3,(H,19,20). The van der Waals surface area contributed by atoms with Crippen LogP contribution in [0.25, 0.3) is 0 Å². The molecule has 2 rings (SSSR count). The Kier molecular flexibility index (Phi) is 5.48. The molecule has 0 aliphatic heterocycles. The van der Waals surface area contributed by atoms with E-state index in [2.05, 4.69) is 19.2 Å². The Labute approximate surface area is 124 Å². The Hall–Kier alpha value is -0.570. The van der Waals surface area contributed by atoms with E-state index in [1.807, 2.05) is 0 Å². The molecule has 3 N–H and O–H groups in total. The van der Waals surface area contributed by atoms with Crippen molar-refractivity contribution < 1.29 is 4.79 Å². The number of rotatable bonds is 4. The Morgan fingerprint density at radius 3 is 2.55 bits per heavy atom. The smallest absolute Gasteiger partial charge is 0.220 e.